The first-order valence-corrected chi connectivity index (χ1v) is 5.77. The van der Waals surface area contributed by atoms with Gasteiger partial charge < -0.3 is 10.1 Å². The van der Waals surface area contributed by atoms with Crippen LogP contribution in [0.5, 0.6) is 0 Å². The number of nitro groups is 1. The normalized spacial score (nSPS) is 14.9. The number of alkyl carbamates (subject to hydrolysis) is 1. The van der Waals surface area contributed by atoms with Crippen LogP contribution in [-0.4, -0.2) is 29.2 Å². The molecule has 0 aromatic carbocycles. The van der Waals surface area contributed by atoms with Gasteiger partial charge in [0.2, 0.25) is 6.54 Å². The van der Waals surface area contributed by atoms with Crippen LogP contribution in [0.2, 0.25) is 0 Å². The average molecular weight is 246 g/mol. The molecule has 0 rings (SSSR count). The third-order valence-electron chi connectivity index (χ3n) is 2.36. The number of carbonyl (C=O) groups excluding carboxylic acids is 1. The van der Waals surface area contributed by atoms with Crippen molar-refractivity contribution in [3.05, 3.63) is 10.1 Å². The number of nitrogens with zero attached hydrogens (tertiary/aromatic N) is 1. The van der Waals surface area contributed by atoms with Crippen molar-refractivity contribution in [2.24, 2.45) is 5.92 Å². The van der Waals surface area contributed by atoms with Crippen LogP contribution < -0.4 is 5.32 Å². The molecule has 0 aromatic heterocycles. The first-order chi connectivity index (χ1) is 7.65. The van der Waals surface area contributed by atoms with E-state index in [0.29, 0.717) is 6.42 Å². The molecule has 0 radical (unpaired) electrons. The molecule has 0 aromatic rings. The minimum absolute atomic E-state index is 0.145. The van der Waals surface area contributed by atoms with Crippen molar-refractivity contribution in [2.45, 2.75) is 52.7 Å². The Morgan fingerprint density at radius 3 is 2.35 bits per heavy atom. The van der Waals surface area contributed by atoms with Crippen LogP contribution in [0, 0.1) is 16.0 Å². The maximum Gasteiger partial charge on any atom is 0.407 e. The molecule has 100 valence electrons. The van der Waals surface area contributed by atoms with Crippen LogP contribution in [0.3, 0.4) is 0 Å². The van der Waals surface area contributed by atoms with Gasteiger partial charge >= 0.3 is 6.09 Å². The molecule has 1 amide bonds. The van der Waals surface area contributed by atoms with Crippen LogP contribution in [0.15, 0.2) is 0 Å². The topological polar surface area (TPSA) is 81.5 Å². The number of carbonyl (C=O) groups is 1. The van der Waals surface area contributed by atoms with Crippen molar-refractivity contribution in [1.29, 1.82) is 0 Å². The Kier molecular flexibility index (Phi) is 5.91. The van der Waals surface area contributed by atoms with Crippen molar-refractivity contribution < 1.29 is 14.5 Å². The predicted octanol–water partition coefficient (Wildman–Crippen LogP) is 2.20. The van der Waals surface area contributed by atoms with Crippen molar-refractivity contribution in [1.82, 2.24) is 5.32 Å². The van der Waals surface area contributed by atoms with Crippen LogP contribution in [-0.2, 0) is 4.74 Å². The highest BCUT2D eigenvalue weighted by atomic mass is 16.6. The van der Waals surface area contributed by atoms with Crippen molar-refractivity contribution in [3.63, 3.8) is 0 Å². The van der Waals surface area contributed by atoms with E-state index in [1.807, 2.05) is 6.92 Å². The fraction of sp³-hybridized carbons (Fsp3) is 0.909. The molecule has 0 aliphatic rings. The molecule has 0 aliphatic heterocycles. The summed E-state index contributed by atoms with van der Waals surface area (Å²) in [4.78, 5) is 21.6. The summed E-state index contributed by atoms with van der Waals surface area (Å²) >= 11 is 0. The summed E-state index contributed by atoms with van der Waals surface area (Å²) in [5.41, 5.74) is -0.561. The van der Waals surface area contributed by atoms with E-state index in [0.717, 1.165) is 0 Å². The van der Waals surface area contributed by atoms with Gasteiger partial charge in [-0.15, -0.1) is 0 Å². The summed E-state index contributed by atoms with van der Waals surface area (Å²) < 4.78 is 5.09. The predicted molar refractivity (Wildman–Crippen MR) is 64.5 cm³/mol. The summed E-state index contributed by atoms with van der Waals surface area (Å²) in [5, 5.41) is 13.1. The summed E-state index contributed by atoms with van der Waals surface area (Å²) in [6, 6.07) is -0.278. The van der Waals surface area contributed by atoms with Gasteiger partial charge in [-0.05, 0) is 34.1 Å². The Morgan fingerprint density at radius 1 is 1.47 bits per heavy atom. The first-order valence-electron chi connectivity index (χ1n) is 5.77. The zero-order valence-corrected chi connectivity index (χ0v) is 11.1. The highest BCUT2D eigenvalue weighted by Crippen LogP contribution is 2.11. The maximum atomic E-state index is 11.5. The van der Waals surface area contributed by atoms with Gasteiger partial charge in [0.25, 0.3) is 0 Å². The lowest BCUT2D eigenvalue weighted by molar-refractivity contribution is -0.488. The molecule has 0 spiro atoms. The largest absolute Gasteiger partial charge is 0.444 e. The second kappa shape index (κ2) is 6.42. The van der Waals surface area contributed by atoms with E-state index in [-0.39, 0.29) is 23.4 Å². The standard InChI is InChI=1S/C11H22N2O4/c1-6-9(7-13(15)16)8(2)12-10(14)17-11(3,4)5/h8-9H,6-7H2,1-5H3,(H,12,14)/t8-,9?/m0/s1. The second-order valence-electron chi connectivity index (χ2n) is 5.12. The SMILES string of the molecule is CCC(C[N+](=O)[O-])[C@H](C)NC(=O)OC(C)(C)C. The van der Waals surface area contributed by atoms with E-state index in [4.69, 9.17) is 4.74 Å². The molecule has 17 heavy (non-hydrogen) atoms. The Labute approximate surface area is 102 Å². The van der Waals surface area contributed by atoms with E-state index < -0.39 is 11.7 Å². The molecule has 0 bridgehead atoms. The molecule has 0 fully saturated rings. The summed E-state index contributed by atoms with van der Waals surface area (Å²) in [6.07, 6.45) is 0.101. The lowest BCUT2D eigenvalue weighted by Gasteiger charge is -2.24. The number of rotatable bonds is 5. The molecular formula is C11H22N2O4. The zero-order chi connectivity index (χ0) is 13.6. The van der Waals surface area contributed by atoms with Crippen LogP contribution >= 0.6 is 0 Å². The minimum Gasteiger partial charge on any atom is -0.444 e. The summed E-state index contributed by atoms with van der Waals surface area (Å²) in [5.74, 6) is -0.183. The van der Waals surface area contributed by atoms with Crippen molar-refractivity contribution in [3.8, 4) is 0 Å². The van der Waals surface area contributed by atoms with Crippen LogP contribution in [0.25, 0.3) is 0 Å². The fourth-order valence-electron chi connectivity index (χ4n) is 1.44. The van der Waals surface area contributed by atoms with Gasteiger partial charge in [0.15, 0.2) is 0 Å². The maximum absolute atomic E-state index is 11.5. The van der Waals surface area contributed by atoms with E-state index in [9.17, 15) is 14.9 Å². The number of amides is 1. The van der Waals surface area contributed by atoms with Gasteiger partial charge in [-0.3, -0.25) is 10.1 Å². The molecule has 2 atom stereocenters. The van der Waals surface area contributed by atoms with Crippen LogP contribution in [0.1, 0.15) is 41.0 Å². The molecule has 6 nitrogen and oxygen atoms in total. The van der Waals surface area contributed by atoms with Gasteiger partial charge in [-0.2, -0.15) is 0 Å². The van der Waals surface area contributed by atoms with Crippen LogP contribution in [0.4, 0.5) is 4.79 Å². The quantitative estimate of drug-likeness (QED) is 0.595. The second-order valence-corrected chi connectivity index (χ2v) is 5.12. The number of ether oxygens (including phenoxy) is 1. The minimum atomic E-state index is -0.561. The van der Waals surface area contributed by atoms with E-state index in [1.54, 1.807) is 27.7 Å². The lowest BCUT2D eigenvalue weighted by Crippen LogP contribution is -2.43. The Bertz CT molecular complexity index is 273. The van der Waals surface area contributed by atoms with Crippen molar-refractivity contribution >= 4 is 6.09 Å². The van der Waals surface area contributed by atoms with E-state index in [1.165, 1.54) is 0 Å². The van der Waals surface area contributed by atoms with Gasteiger partial charge in [0.05, 0.1) is 0 Å². The Balaban J connectivity index is 4.26. The zero-order valence-electron chi connectivity index (χ0n) is 11.1. The van der Waals surface area contributed by atoms with Gasteiger partial charge in [-0.1, -0.05) is 6.92 Å². The van der Waals surface area contributed by atoms with Crippen molar-refractivity contribution in [2.75, 3.05) is 6.54 Å². The fourth-order valence-corrected chi connectivity index (χ4v) is 1.44. The van der Waals surface area contributed by atoms with E-state index in [2.05, 4.69) is 5.32 Å². The highest BCUT2D eigenvalue weighted by molar-refractivity contribution is 5.68. The third-order valence-corrected chi connectivity index (χ3v) is 2.36. The number of hydrogen-bond acceptors (Lipinski definition) is 4. The molecule has 0 heterocycles. The lowest BCUT2D eigenvalue weighted by atomic mass is 9.99. The Morgan fingerprint density at radius 2 is 2.00 bits per heavy atom. The average Bonchev–Trinajstić information content (AvgIpc) is 2.10. The molecule has 0 saturated heterocycles. The number of nitrogens with one attached hydrogen (secondary N) is 1. The molecule has 6 heteroatoms. The monoisotopic (exact) mass is 246 g/mol. The first kappa shape index (κ1) is 15.7. The Hall–Kier alpha value is -1.33. The van der Waals surface area contributed by atoms with Gasteiger partial charge in [0.1, 0.15) is 5.60 Å². The van der Waals surface area contributed by atoms with Gasteiger partial charge in [-0.25, -0.2) is 4.79 Å². The van der Waals surface area contributed by atoms with E-state index >= 15 is 0 Å². The molecule has 1 unspecified atom stereocenters. The molecule has 1 N–H and O–H groups in total. The third kappa shape index (κ3) is 7.54. The molecule has 0 saturated carbocycles. The number of hydrogen-bond donors (Lipinski definition) is 1. The summed E-state index contributed by atoms with van der Waals surface area (Å²) in [7, 11) is 0. The van der Waals surface area contributed by atoms with Gasteiger partial charge in [0, 0.05) is 16.9 Å². The molecular weight excluding hydrogens is 224 g/mol. The highest BCUT2D eigenvalue weighted by Gasteiger charge is 2.24. The summed E-state index contributed by atoms with van der Waals surface area (Å²) in [6.45, 7) is 8.78. The molecule has 0 aliphatic carbocycles. The smallest absolute Gasteiger partial charge is 0.407 e.